The smallest absolute Gasteiger partial charge is 0.311 e. The van der Waals surface area contributed by atoms with Crippen LogP contribution in [0.1, 0.15) is 46.5 Å². The fraction of sp³-hybridized carbons (Fsp3) is 1.00. The van der Waals surface area contributed by atoms with Gasteiger partial charge in [-0.3, -0.25) is 0 Å². The molecule has 1 aliphatic carbocycles. The third-order valence-corrected chi connectivity index (χ3v) is 4.02. The number of nitrogens with one attached hydrogen (secondary N) is 1. The molecule has 0 aromatic heterocycles. The summed E-state index contributed by atoms with van der Waals surface area (Å²) in [6.07, 6.45) is -1.36. The van der Waals surface area contributed by atoms with E-state index in [-0.39, 0.29) is 11.5 Å². The molecule has 0 aromatic carbocycles. The Hall–Kier alpha value is -0.290. The monoisotopic (exact) mass is 294 g/mol. The number of halogens is 3. The van der Waals surface area contributed by atoms with E-state index < -0.39 is 12.1 Å². The number of nitrogens with zero attached hydrogens (tertiary/aromatic N) is 1. The molecule has 1 aliphatic rings. The second-order valence-corrected chi connectivity index (χ2v) is 7.13. The van der Waals surface area contributed by atoms with Gasteiger partial charge in [-0.1, -0.05) is 12.8 Å². The molecule has 20 heavy (non-hydrogen) atoms. The van der Waals surface area contributed by atoms with Crippen molar-refractivity contribution in [2.45, 2.75) is 58.2 Å². The number of alkyl halides is 3. The van der Waals surface area contributed by atoms with Crippen molar-refractivity contribution in [1.29, 1.82) is 0 Å². The van der Waals surface area contributed by atoms with E-state index in [4.69, 9.17) is 0 Å². The standard InChI is InChI=1S/C15H29F3N2/c1-14(2,3)19-9-10-20(4)11-12-7-5-6-8-13(12)15(16,17)18/h12-13,19H,5-11H2,1-4H3. The van der Waals surface area contributed by atoms with Crippen LogP contribution in [0, 0.1) is 11.8 Å². The Morgan fingerprint density at radius 3 is 2.25 bits per heavy atom. The van der Waals surface area contributed by atoms with Crippen LogP contribution in [-0.4, -0.2) is 43.3 Å². The van der Waals surface area contributed by atoms with Crippen LogP contribution in [-0.2, 0) is 0 Å². The first kappa shape index (κ1) is 17.8. The minimum atomic E-state index is -4.03. The van der Waals surface area contributed by atoms with E-state index in [1.54, 1.807) is 0 Å². The van der Waals surface area contributed by atoms with Gasteiger partial charge in [-0.05, 0) is 46.6 Å². The SMILES string of the molecule is CN(CCNC(C)(C)C)CC1CCCCC1C(F)(F)F. The Morgan fingerprint density at radius 1 is 1.10 bits per heavy atom. The minimum absolute atomic E-state index is 0.0557. The molecule has 0 aromatic rings. The lowest BCUT2D eigenvalue weighted by atomic mass is 9.78. The van der Waals surface area contributed by atoms with Gasteiger partial charge in [0.05, 0.1) is 5.92 Å². The summed E-state index contributed by atoms with van der Waals surface area (Å²) in [5.74, 6) is -1.34. The highest BCUT2D eigenvalue weighted by Gasteiger charge is 2.45. The number of rotatable bonds is 5. The van der Waals surface area contributed by atoms with Crippen molar-refractivity contribution in [1.82, 2.24) is 10.2 Å². The van der Waals surface area contributed by atoms with Crippen molar-refractivity contribution >= 4 is 0 Å². The topological polar surface area (TPSA) is 15.3 Å². The molecule has 0 amide bonds. The van der Waals surface area contributed by atoms with Gasteiger partial charge in [0.15, 0.2) is 0 Å². The van der Waals surface area contributed by atoms with Gasteiger partial charge in [-0.25, -0.2) is 0 Å². The van der Waals surface area contributed by atoms with Crippen LogP contribution in [0.5, 0.6) is 0 Å². The van der Waals surface area contributed by atoms with Crippen molar-refractivity contribution in [2.24, 2.45) is 11.8 Å². The summed E-state index contributed by atoms with van der Waals surface area (Å²) in [5, 5.41) is 3.37. The molecule has 2 atom stereocenters. The molecule has 2 unspecified atom stereocenters. The summed E-state index contributed by atoms with van der Waals surface area (Å²) in [6.45, 7) is 8.42. The molecule has 1 rings (SSSR count). The van der Waals surface area contributed by atoms with Crippen LogP contribution in [0.25, 0.3) is 0 Å². The first-order chi connectivity index (χ1) is 9.09. The van der Waals surface area contributed by atoms with Gasteiger partial charge in [0.2, 0.25) is 0 Å². The lowest BCUT2D eigenvalue weighted by molar-refractivity contribution is -0.197. The van der Waals surface area contributed by atoms with Crippen LogP contribution in [0.3, 0.4) is 0 Å². The summed E-state index contributed by atoms with van der Waals surface area (Å²) < 4.78 is 39.1. The van der Waals surface area contributed by atoms with E-state index in [1.807, 2.05) is 11.9 Å². The summed E-state index contributed by atoms with van der Waals surface area (Å²) >= 11 is 0. The van der Waals surface area contributed by atoms with Crippen LogP contribution < -0.4 is 5.32 Å². The summed E-state index contributed by atoms with van der Waals surface area (Å²) in [7, 11) is 1.92. The number of hydrogen-bond acceptors (Lipinski definition) is 2. The highest BCUT2D eigenvalue weighted by molar-refractivity contribution is 4.82. The van der Waals surface area contributed by atoms with E-state index in [0.29, 0.717) is 19.4 Å². The molecule has 0 spiro atoms. The molecule has 1 fully saturated rings. The lowest BCUT2D eigenvalue weighted by Crippen LogP contribution is -2.43. The van der Waals surface area contributed by atoms with E-state index in [1.165, 1.54) is 0 Å². The summed E-state index contributed by atoms with van der Waals surface area (Å²) in [5.41, 5.74) is 0.0557. The average Bonchev–Trinajstić information content (AvgIpc) is 2.26. The van der Waals surface area contributed by atoms with Crippen LogP contribution in [0.4, 0.5) is 13.2 Å². The van der Waals surface area contributed by atoms with Crippen LogP contribution in [0.2, 0.25) is 0 Å². The second kappa shape index (κ2) is 7.12. The molecule has 5 heteroatoms. The van der Waals surface area contributed by atoms with Gasteiger partial charge in [0.1, 0.15) is 0 Å². The lowest BCUT2D eigenvalue weighted by Gasteiger charge is -2.35. The summed E-state index contributed by atoms with van der Waals surface area (Å²) in [6, 6.07) is 0. The van der Waals surface area contributed by atoms with E-state index >= 15 is 0 Å². The van der Waals surface area contributed by atoms with Crippen LogP contribution in [0.15, 0.2) is 0 Å². The maximum atomic E-state index is 13.0. The van der Waals surface area contributed by atoms with E-state index in [2.05, 4.69) is 26.1 Å². The zero-order valence-corrected chi connectivity index (χ0v) is 13.2. The van der Waals surface area contributed by atoms with Gasteiger partial charge < -0.3 is 10.2 Å². The van der Waals surface area contributed by atoms with E-state index in [9.17, 15) is 13.2 Å². The van der Waals surface area contributed by atoms with Crippen molar-refractivity contribution in [3.05, 3.63) is 0 Å². The largest absolute Gasteiger partial charge is 0.392 e. The third-order valence-electron chi connectivity index (χ3n) is 4.02. The molecular formula is C15H29F3N2. The van der Waals surface area contributed by atoms with Crippen LogP contribution >= 0.6 is 0 Å². The Balaban J connectivity index is 2.40. The molecule has 1 saturated carbocycles. The maximum Gasteiger partial charge on any atom is 0.392 e. The van der Waals surface area contributed by atoms with Gasteiger partial charge in [-0.2, -0.15) is 13.2 Å². The van der Waals surface area contributed by atoms with Gasteiger partial charge in [0.25, 0.3) is 0 Å². The first-order valence-electron chi connectivity index (χ1n) is 7.60. The first-order valence-corrected chi connectivity index (χ1v) is 7.60. The Kier molecular flexibility index (Phi) is 6.32. The number of hydrogen-bond donors (Lipinski definition) is 1. The molecule has 0 saturated heterocycles. The molecule has 2 nitrogen and oxygen atoms in total. The summed E-state index contributed by atoms with van der Waals surface area (Å²) in [4.78, 5) is 2.04. The zero-order valence-electron chi connectivity index (χ0n) is 13.2. The molecule has 0 radical (unpaired) electrons. The Labute approximate surface area is 121 Å². The van der Waals surface area contributed by atoms with Crippen molar-refractivity contribution in [2.75, 3.05) is 26.7 Å². The molecule has 0 heterocycles. The third kappa shape index (κ3) is 6.44. The highest BCUT2D eigenvalue weighted by atomic mass is 19.4. The number of likely N-dealkylation sites (N-methyl/N-ethyl adjacent to an activating group) is 1. The second-order valence-electron chi connectivity index (χ2n) is 7.13. The van der Waals surface area contributed by atoms with Gasteiger partial charge >= 0.3 is 6.18 Å². The zero-order chi connectivity index (χ0) is 15.4. The average molecular weight is 294 g/mol. The predicted octanol–water partition coefficient (Wildman–Crippen LogP) is 3.68. The van der Waals surface area contributed by atoms with Crippen molar-refractivity contribution in [3.63, 3.8) is 0 Å². The predicted molar refractivity (Wildman–Crippen MR) is 76.8 cm³/mol. The fourth-order valence-corrected chi connectivity index (χ4v) is 2.97. The minimum Gasteiger partial charge on any atom is -0.311 e. The van der Waals surface area contributed by atoms with Gasteiger partial charge in [0, 0.05) is 25.2 Å². The molecule has 120 valence electrons. The van der Waals surface area contributed by atoms with E-state index in [0.717, 1.165) is 25.9 Å². The normalized spacial score (nSPS) is 25.2. The Bertz CT molecular complexity index is 284. The molecule has 0 bridgehead atoms. The quantitative estimate of drug-likeness (QED) is 0.832. The molecular weight excluding hydrogens is 265 g/mol. The molecule has 0 aliphatic heterocycles. The van der Waals surface area contributed by atoms with Gasteiger partial charge in [-0.15, -0.1) is 0 Å². The fourth-order valence-electron chi connectivity index (χ4n) is 2.97. The molecule has 1 N–H and O–H groups in total. The Morgan fingerprint density at radius 2 is 1.70 bits per heavy atom. The maximum absolute atomic E-state index is 13.0. The van der Waals surface area contributed by atoms with Crippen molar-refractivity contribution < 1.29 is 13.2 Å². The highest BCUT2D eigenvalue weighted by Crippen LogP contribution is 2.41. The van der Waals surface area contributed by atoms with Crippen molar-refractivity contribution in [3.8, 4) is 0 Å².